The molecule has 3 fully saturated rings. The minimum Gasteiger partial charge on any atom is -0.387 e. The summed E-state index contributed by atoms with van der Waals surface area (Å²) in [6.07, 6.45) is 7.68. The Hall–Kier alpha value is -0.870. The van der Waals surface area contributed by atoms with Crippen molar-refractivity contribution in [2.45, 2.75) is 43.9 Å². The molecule has 4 aliphatic heterocycles. The number of piperidine rings is 3. The molecule has 0 saturated carbocycles. The summed E-state index contributed by atoms with van der Waals surface area (Å²) in [6, 6.07) is 0.636. The highest BCUT2D eigenvalue weighted by Crippen LogP contribution is 2.43. The van der Waals surface area contributed by atoms with Crippen LogP contribution in [0, 0.1) is 11.8 Å². The first-order valence-corrected chi connectivity index (χ1v) is 7.66. The van der Waals surface area contributed by atoms with Gasteiger partial charge < -0.3 is 10.0 Å². The van der Waals surface area contributed by atoms with E-state index >= 15 is 0 Å². The Balaban J connectivity index is 1.71. The second-order valence-corrected chi connectivity index (χ2v) is 6.57. The average molecular weight is 262 g/mol. The highest BCUT2D eigenvalue weighted by molar-refractivity contribution is 5.89. The van der Waals surface area contributed by atoms with Crippen molar-refractivity contribution in [2.75, 3.05) is 19.6 Å². The van der Waals surface area contributed by atoms with Crippen molar-refractivity contribution in [3.63, 3.8) is 0 Å². The Labute approximate surface area is 114 Å². The Morgan fingerprint density at radius 1 is 1.16 bits per heavy atom. The van der Waals surface area contributed by atoms with Crippen molar-refractivity contribution < 1.29 is 9.90 Å². The lowest BCUT2D eigenvalue weighted by molar-refractivity contribution is -0.149. The van der Waals surface area contributed by atoms with Crippen LogP contribution >= 0.6 is 0 Å². The number of aliphatic hydroxyl groups is 1. The predicted octanol–water partition coefficient (Wildman–Crippen LogP) is 0.619. The number of fused-ring (bicyclic) bond motifs is 2. The normalized spacial score (nSPS) is 45.8. The Bertz CT molecular complexity index is 420. The summed E-state index contributed by atoms with van der Waals surface area (Å²) in [6.45, 7) is 3.27. The van der Waals surface area contributed by atoms with E-state index in [0.29, 0.717) is 17.9 Å². The van der Waals surface area contributed by atoms with Gasteiger partial charge >= 0.3 is 0 Å². The van der Waals surface area contributed by atoms with Gasteiger partial charge in [0.15, 0.2) is 0 Å². The van der Waals surface area contributed by atoms with Crippen LogP contribution in [0.3, 0.4) is 0 Å². The third kappa shape index (κ3) is 1.69. The molecule has 0 aromatic rings. The Kier molecular flexibility index (Phi) is 2.71. The van der Waals surface area contributed by atoms with Gasteiger partial charge in [0.2, 0.25) is 5.91 Å². The molecule has 0 aromatic heterocycles. The van der Waals surface area contributed by atoms with Crippen LogP contribution in [-0.4, -0.2) is 58.6 Å². The second kappa shape index (κ2) is 4.32. The Morgan fingerprint density at radius 3 is 2.79 bits per heavy atom. The molecule has 0 spiro atoms. The first kappa shape index (κ1) is 11.9. The number of rotatable bonds is 0. The fourth-order valence-corrected chi connectivity index (χ4v) is 5.00. The standard InChI is InChI=1S/C15H22N2O2/c18-12-5-6-13(19)17-9-10-3-1-7-16-8-2-4-11(14(10)16)15(12)17/h5-6,10-12,14-15,18H,1-4,7-9H2/t10-,11-,12-,14-,15-/m0/s1. The van der Waals surface area contributed by atoms with Gasteiger partial charge in [-0.15, -0.1) is 0 Å². The van der Waals surface area contributed by atoms with Crippen LogP contribution in [0.5, 0.6) is 0 Å². The third-order valence-electron chi connectivity index (χ3n) is 5.65. The van der Waals surface area contributed by atoms with Gasteiger partial charge in [0.1, 0.15) is 0 Å². The van der Waals surface area contributed by atoms with Crippen LogP contribution in [0.15, 0.2) is 12.2 Å². The molecule has 4 nitrogen and oxygen atoms in total. The largest absolute Gasteiger partial charge is 0.387 e. The molecular formula is C15H22N2O2. The molecule has 19 heavy (non-hydrogen) atoms. The maximum atomic E-state index is 12.1. The zero-order valence-electron chi connectivity index (χ0n) is 11.2. The molecule has 4 heterocycles. The zero-order chi connectivity index (χ0) is 13.0. The monoisotopic (exact) mass is 262 g/mol. The van der Waals surface area contributed by atoms with E-state index in [4.69, 9.17) is 0 Å². The molecule has 4 heteroatoms. The molecule has 0 radical (unpaired) electrons. The van der Waals surface area contributed by atoms with Gasteiger partial charge in [0, 0.05) is 18.7 Å². The van der Waals surface area contributed by atoms with Crippen LogP contribution in [-0.2, 0) is 4.79 Å². The van der Waals surface area contributed by atoms with E-state index in [1.165, 1.54) is 32.4 Å². The first-order valence-electron chi connectivity index (χ1n) is 7.66. The van der Waals surface area contributed by atoms with Gasteiger partial charge in [-0.25, -0.2) is 0 Å². The van der Waals surface area contributed by atoms with Crippen LogP contribution in [0.1, 0.15) is 25.7 Å². The average Bonchev–Trinajstić information content (AvgIpc) is 2.43. The molecule has 104 valence electrons. The number of hydrogen-bond acceptors (Lipinski definition) is 3. The number of amides is 1. The summed E-state index contributed by atoms with van der Waals surface area (Å²) in [4.78, 5) is 16.7. The highest BCUT2D eigenvalue weighted by Gasteiger charge is 2.51. The summed E-state index contributed by atoms with van der Waals surface area (Å²) in [5.41, 5.74) is 0. The SMILES string of the molecule is O=C1C=C[C@H](O)[C@@H]2[C@H]3CCCN4CCC[C@@H](CN12)[C@@H]34. The number of hydrogen-bond donors (Lipinski definition) is 1. The van der Waals surface area contributed by atoms with E-state index in [9.17, 15) is 9.90 Å². The maximum Gasteiger partial charge on any atom is 0.246 e. The number of carbonyl (C=O) groups is 1. The lowest BCUT2D eigenvalue weighted by atomic mass is 9.68. The lowest BCUT2D eigenvalue weighted by Crippen LogP contribution is -2.68. The Morgan fingerprint density at radius 2 is 1.95 bits per heavy atom. The van der Waals surface area contributed by atoms with Crippen LogP contribution in [0.25, 0.3) is 0 Å². The summed E-state index contributed by atoms with van der Waals surface area (Å²) >= 11 is 0. The number of aliphatic hydroxyl groups excluding tert-OH is 1. The van der Waals surface area contributed by atoms with Gasteiger partial charge in [-0.1, -0.05) is 0 Å². The van der Waals surface area contributed by atoms with Gasteiger partial charge in [-0.3, -0.25) is 9.69 Å². The van der Waals surface area contributed by atoms with E-state index in [0.717, 1.165) is 13.0 Å². The van der Waals surface area contributed by atoms with Gasteiger partial charge in [0.25, 0.3) is 0 Å². The maximum absolute atomic E-state index is 12.1. The van der Waals surface area contributed by atoms with Crippen molar-refractivity contribution >= 4 is 5.91 Å². The topological polar surface area (TPSA) is 43.8 Å². The van der Waals surface area contributed by atoms with Crippen molar-refractivity contribution in [1.82, 2.24) is 9.80 Å². The fraction of sp³-hybridized carbons (Fsp3) is 0.800. The number of carbonyl (C=O) groups excluding carboxylic acids is 1. The highest BCUT2D eigenvalue weighted by atomic mass is 16.3. The molecule has 4 aliphatic rings. The lowest BCUT2D eigenvalue weighted by Gasteiger charge is -2.58. The summed E-state index contributed by atoms with van der Waals surface area (Å²) in [5.74, 6) is 1.20. The van der Waals surface area contributed by atoms with E-state index in [1.54, 1.807) is 12.2 Å². The molecule has 1 N–H and O–H groups in total. The predicted molar refractivity (Wildman–Crippen MR) is 71.5 cm³/mol. The summed E-state index contributed by atoms with van der Waals surface area (Å²) in [5, 5.41) is 10.3. The molecule has 0 aliphatic carbocycles. The fourth-order valence-electron chi connectivity index (χ4n) is 5.00. The molecule has 1 amide bonds. The molecule has 3 saturated heterocycles. The van der Waals surface area contributed by atoms with Crippen molar-refractivity contribution in [2.24, 2.45) is 11.8 Å². The van der Waals surface area contributed by atoms with Gasteiger partial charge in [-0.2, -0.15) is 0 Å². The van der Waals surface area contributed by atoms with Crippen LogP contribution in [0.2, 0.25) is 0 Å². The number of nitrogens with zero attached hydrogens (tertiary/aromatic N) is 2. The molecule has 4 rings (SSSR count). The van der Waals surface area contributed by atoms with Crippen LogP contribution < -0.4 is 0 Å². The van der Waals surface area contributed by atoms with E-state index in [2.05, 4.69) is 4.90 Å². The smallest absolute Gasteiger partial charge is 0.246 e. The van der Waals surface area contributed by atoms with E-state index in [-0.39, 0.29) is 11.9 Å². The summed E-state index contributed by atoms with van der Waals surface area (Å²) < 4.78 is 0. The molecule has 0 aromatic carbocycles. The molecule has 0 unspecified atom stereocenters. The van der Waals surface area contributed by atoms with Crippen molar-refractivity contribution in [1.29, 1.82) is 0 Å². The first-order chi connectivity index (χ1) is 9.25. The van der Waals surface area contributed by atoms with Crippen molar-refractivity contribution in [3.8, 4) is 0 Å². The molecule has 5 atom stereocenters. The summed E-state index contributed by atoms with van der Waals surface area (Å²) in [7, 11) is 0. The van der Waals surface area contributed by atoms with Crippen LogP contribution in [0.4, 0.5) is 0 Å². The second-order valence-electron chi connectivity index (χ2n) is 6.57. The van der Waals surface area contributed by atoms with E-state index in [1.807, 2.05) is 4.90 Å². The van der Waals surface area contributed by atoms with Gasteiger partial charge in [-0.05, 0) is 56.7 Å². The molecule has 0 bridgehead atoms. The zero-order valence-corrected chi connectivity index (χ0v) is 11.2. The van der Waals surface area contributed by atoms with Gasteiger partial charge in [0.05, 0.1) is 12.1 Å². The van der Waals surface area contributed by atoms with Crippen molar-refractivity contribution in [3.05, 3.63) is 12.2 Å². The third-order valence-corrected chi connectivity index (χ3v) is 5.65. The quantitative estimate of drug-likeness (QED) is 0.696. The molecular weight excluding hydrogens is 240 g/mol. The minimum absolute atomic E-state index is 0.0275. The van der Waals surface area contributed by atoms with E-state index < -0.39 is 6.10 Å². The minimum atomic E-state index is -0.467.